The van der Waals surface area contributed by atoms with Gasteiger partial charge in [0, 0.05) is 18.5 Å². The molecule has 0 fully saturated rings. The van der Waals surface area contributed by atoms with Gasteiger partial charge in [0.15, 0.2) is 0 Å². The molecule has 0 bridgehead atoms. The Morgan fingerprint density at radius 1 is 1.30 bits per heavy atom. The van der Waals surface area contributed by atoms with Crippen molar-refractivity contribution in [1.82, 2.24) is 0 Å². The number of hydrogen-bond acceptors (Lipinski definition) is 3. The van der Waals surface area contributed by atoms with Gasteiger partial charge in [0.1, 0.15) is 5.60 Å². The minimum Gasteiger partial charge on any atom is -0.389 e. The molecule has 0 aliphatic heterocycles. The van der Waals surface area contributed by atoms with Crippen LogP contribution in [0, 0.1) is 0 Å². The first-order valence-corrected chi connectivity index (χ1v) is 6.15. The van der Waals surface area contributed by atoms with Crippen molar-refractivity contribution in [3.8, 4) is 0 Å². The summed E-state index contributed by atoms with van der Waals surface area (Å²) < 4.78 is 42.7. The lowest BCUT2D eigenvalue weighted by atomic mass is 10.00. The van der Waals surface area contributed by atoms with Gasteiger partial charge in [-0.1, -0.05) is 6.08 Å². The Morgan fingerprint density at radius 3 is 2.40 bits per heavy atom. The highest BCUT2D eigenvalue weighted by Crippen LogP contribution is 2.35. The number of aliphatic hydroxyl groups is 1. The van der Waals surface area contributed by atoms with Crippen molar-refractivity contribution in [3.05, 3.63) is 41.6 Å². The monoisotopic (exact) mass is 287 g/mol. The summed E-state index contributed by atoms with van der Waals surface area (Å²) in [6.07, 6.45) is -2.80. The normalized spacial score (nSPS) is 26.5. The van der Waals surface area contributed by atoms with Crippen molar-refractivity contribution in [2.75, 3.05) is 12.4 Å². The third-order valence-corrected chi connectivity index (χ3v) is 3.63. The zero-order chi connectivity index (χ0) is 15.0. The summed E-state index contributed by atoms with van der Waals surface area (Å²) in [6.45, 7) is 1.73. The Balaban J connectivity index is 2.15. The van der Waals surface area contributed by atoms with Crippen molar-refractivity contribution >= 4 is 5.69 Å². The smallest absolute Gasteiger partial charge is 0.389 e. The minimum atomic E-state index is -4.34. The molecule has 2 atom stereocenters. The summed E-state index contributed by atoms with van der Waals surface area (Å²) >= 11 is 0. The van der Waals surface area contributed by atoms with Gasteiger partial charge in [0.05, 0.1) is 11.7 Å². The molecule has 0 saturated carbocycles. The Bertz CT molecular complexity index is 510. The number of anilines is 1. The largest absolute Gasteiger partial charge is 0.416 e. The average molecular weight is 287 g/mol. The van der Waals surface area contributed by atoms with Gasteiger partial charge < -0.3 is 15.2 Å². The fourth-order valence-electron chi connectivity index (χ4n) is 2.16. The molecule has 0 heterocycles. The van der Waals surface area contributed by atoms with Gasteiger partial charge in [-0.3, -0.25) is 0 Å². The molecule has 1 aliphatic carbocycles. The summed E-state index contributed by atoms with van der Waals surface area (Å²) in [5, 5.41) is 12.9. The topological polar surface area (TPSA) is 41.5 Å². The van der Waals surface area contributed by atoms with Crippen LogP contribution in [0.15, 0.2) is 36.0 Å². The van der Waals surface area contributed by atoms with Crippen LogP contribution in [0.5, 0.6) is 0 Å². The fourth-order valence-corrected chi connectivity index (χ4v) is 2.16. The highest BCUT2D eigenvalue weighted by Gasteiger charge is 2.41. The van der Waals surface area contributed by atoms with E-state index in [0.717, 1.165) is 12.1 Å². The molecule has 1 aromatic rings. The highest BCUT2D eigenvalue weighted by atomic mass is 19.4. The number of rotatable bonds is 3. The van der Waals surface area contributed by atoms with E-state index in [-0.39, 0.29) is 0 Å². The molecular formula is C14H16F3NO2. The molecule has 2 N–H and O–H groups in total. The number of nitrogens with one attached hydrogen (secondary N) is 1. The van der Waals surface area contributed by atoms with Crippen LogP contribution in [0.25, 0.3) is 0 Å². The zero-order valence-electron chi connectivity index (χ0n) is 11.2. The molecule has 0 spiro atoms. The number of aliphatic hydroxyl groups excluding tert-OH is 1. The molecule has 2 unspecified atom stereocenters. The van der Waals surface area contributed by atoms with Gasteiger partial charge in [-0.2, -0.15) is 13.2 Å². The molecule has 20 heavy (non-hydrogen) atoms. The Morgan fingerprint density at radius 2 is 1.90 bits per heavy atom. The number of benzene rings is 1. The van der Waals surface area contributed by atoms with Crippen molar-refractivity contribution in [2.45, 2.75) is 31.2 Å². The van der Waals surface area contributed by atoms with Gasteiger partial charge in [-0.25, -0.2) is 0 Å². The van der Waals surface area contributed by atoms with Crippen LogP contribution in [0.2, 0.25) is 0 Å². The van der Waals surface area contributed by atoms with Crippen molar-refractivity contribution in [2.24, 2.45) is 0 Å². The summed E-state index contributed by atoms with van der Waals surface area (Å²) in [4.78, 5) is 0. The molecule has 0 radical (unpaired) electrons. The fraction of sp³-hybridized carbons (Fsp3) is 0.429. The number of alkyl halides is 3. The van der Waals surface area contributed by atoms with Crippen molar-refractivity contribution in [1.29, 1.82) is 0 Å². The van der Waals surface area contributed by atoms with E-state index in [1.54, 1.807) is 13.0 Å². The van der Waals surface area contributed by atoms with E-state index in [9.17, 15) is 18.3 Å². The van der Waals surface area contributed by atoms with Crippen LogP contribution >= 0.6 is 0 Å². The van der Waals surface area contributed by atoms with Crippen molar-refractivity contribution in [3.63, 3.8) is 0 Å². The highest BCUT2D eigenvalue weighted by molar-refractivity contribution is 5.52. The van der Waals surface area contributed by atoms with E-state index in [0.29, 0.717) is 17.8 Å². The lowest BCUT2D eigenvalue weighted by Crippen LogP contribution is -2.41. The molecular weight excluding hydrogens is 271 g/mol. The summed E-state index contributed by atoms with van der Waals surface area (Å²) in [5.41, 5.74) is -0.408. The van der Waals surface area contributed by atoms with Crippen LogP contribution in [0.4, 0.5) is 18.9 Å². The third kappa shape index (κ3) is 2.66. The molecule has 6 heteroatoms. The SMILES string of the molecule is COC1(C)C(Nc2ccc(C(F)(F)F)cc2)=CCC1O. The number of halogens is 3. The Kier molecular flexibility index (Phi) is 3.80. The van der Waals surface area contributed by atoms with Crippen LogP contribution < -0.4 is 5.32 Å². The maximum absolute atomic E-state index is 12.5. The summed E-state index contributed by atoms with van der Waals surface area (Å²) in [6, 6.07) is 4.73. The van der Waals surface area contributed by atoms with Gasteiger partial charge >= 0.3 is 6.18 Å². The second kappa shape index (κ2) is 5.10. The molecule has 1 aliphatic rings. The first kappa shape index (κ1) is 14.9. The Hall–Kier alpha value is -1.53. The molecule has 110 valence electrons. The standard InChI is InChI=1S/C14H16F3NO2/c1-13(20-2)11(7-8-12(13)19)18-10-5-3-9(4-6-10)14(15,16)17/h3-7,12,18-19H,8H2,1-2H3. The maximum Gasteiger partial charge on any atom is 0.416 e. The third-order valence-electron chi connectivity index (χ3n) is 3.63. The van der Waals surface area contributed by atoms with Gasteiger partial charge in [-0.05, 0) is 37.6 Å². The quantitative estimate of drug-likeness (QED) is 0.897. The average Bonchev–Trinajstić information content (AvgIpc) is 2.67. The minimum absolute atomic E-state index is 0.438. The van der Waals surface area contributed by atoms with E-state index in [2.05, 4.69) is 5.32 Å². The molecule has 1 aromatic carbocycles. The second-order valence-electron chi connectivity index (χ2n) is 4.88. The summed E-state index contributed by atoms with van der Waals surface area (Å²) in [7, 11) is 1.48. The number of methoxy groups -OCH3 is 1. The van der Waals surface area contributed by atoms with E-state index >= 15 is 0 Å². The second-order valence-corrected chi connectivity index (χ2v) is 4.88. The van der Waals surface area contributed by atoms with Crippen LogP contribution in [-0.4, -0.2) is 23.9 Å². The van der Waals surface area contributed by atoms with E-state index in [1.807, 2.05) is 0 Å². The lowest BCUT2D eigenvalue weighted by Gasteiger charge is -2.30. The van der Waals surface area contributed by atoms with E-state index < -0.39 is 23.4 Å². The molecule has 3 nitrogen and oxygen atoms in total. The van der Waals surface area contributed by atoms with E-state index in [1.165, 1.54) is 19.2 Å². The van der Waals surface area contributed by atoms with Crippen LogP contribution in [0.1, 0.15) is 18.9 Å². The number of hydrogen-bond donors (Lipinski definition) is 2. The Labute approximate surface area is 115 Å². The molecule has 0 amide bonds. The van der Waals surface area contributed by atoms with Gasteiger partial charge in [-0.15, -0.1) is 0 Å². The summed E-state index contributed by atoms with van der Waals surface area (Å²) in [5.74, 6) is 0. The first-order chi connectivity index (χ1) is 9.27. The maximum atomic E-state index is 12.5. The lowest BCUT2D eigenvalue weighted by molar-refractivity contribution is -0.137. The van der Waals surface area contributed by atoms with Crippen LogP contribution in [-0.2, 0) is 10.9 Å². The predicted molar refractivity (Wildman–Crippen MR) is 69.2 cm³/mol. The van der Waals surface area contributed by atoms with Gasteiger partial charge in [0.25, 0.3) is 0 Å². The van der Waals surface area contributed by atoms with Gasteiger partial charge in [0.2, 0.25) is 0 Å². The zero-order valence-corrected chi connectivity index (χ0v) is 11.2. The van der Waals surface area contributed by atoms with Crippen LogP contribution in [0.3, 0.4) is 0 Å². The number of ether oxygens (including phenoxy) is 1. The first-order valence-electron chi connectivity index (χ1n) is 6.15. The molecule has 2 rings (SSSR count). The molecule has 0 aromatic heterocycles. The van der Waals surface area contributed by atoms with E-state index in [4.69, 9.17) is 4.74 Å². The van der Waals surface area contributed by atoms with Crippen molar-refractivity contribution < 1.29 is 23.0 Å². The molecule has 0 saturated heterocycles. The predicted octanol–water partition coefficient (Wildman–Crippen LogP) is 3.17.